The zero-order valence-electron chi connectivity index (χ0n) is 18.9. The molecule has 4 rings (SSSR count). The lowest BCUT2D eigenvalue weighted by Crippen LogP contribution is -2.49. The molecule has 2 aliphatic rings. The summed E-state index contributed by atoms with van der Waals surface area (Å²) < 4.78 is 29.7. The van der Waals surface area contributed by atoms with Crippen LogP contribution in [0.5, 0.6) is 5.75 Å². The number of carbonyl (C=O) groups is 2. The molecule has 7 nitrogen and oxygen atoms in total. The Hall–Kier alpha value is -3.70. The number of hydrogen-bond donors (Lipinski definition) is 0. The van der Waals surface area contributed by atoms with Gasteiger partial charge < -0.3 is 4.74 Å². The van der Waals surface area contributed by atoms with E-state index in [0.29, 0.717) is 17.9 Å². The van der Waals surface area contributed by atoms with Gasteiger partial charge in [0.05, 0.1) is 17.5 Å². The maximum absolute atomic E-state index is 13.2. The number of sulfone groups is 1. The van der Waals surface area contributed by atoms with Crippen LogP contribution in [0.4, 0.5) is 0 Å². The number of rotatable bonds is 5. The second-order valence-corrected chi connectivity index (χ2v) is 10.8. The van der Waals surface area contributed by atoms with Gasteiger partial charge in [0, 0.05) is 5.57 Å². The summed E-state index contributed by atoms with van der Waals surface area (Å²) in [6.07, 6.45) is 1.79. The summed E-state index contributed by atoms with van der Waals surface area (Å²) in [6.45, 7) is 4.01. The molecule has 0 aliphatic carbocycles. The van der Waals surface area contributed by atoms with Crippen LogP contribution in [0.2, 0.25) is 0 Å². The summed E-state index contributed by atoms with van der Waals surface area (Å²) in [4.78, 5) is 27.0. The number of carbonyl (C=O) groups excluding carboxylic acids is 2. The fourth-order valence-electron chi connectivity index (χ4n) is 4.09. The second-order valence-electron chi connectivity index (χ2n) is 8.55. The van der Waals surface area contributed by atoms with Crippen LogP contribution >= 0.6 is 0 Å². The van der Waals surface area contributed by atoms with Gasteiger partial charge in [-0.05, 0) is 55.2 Å². The van der Waals surface area contributed by atoms with Crippen molar-refractivity contribution in [3.63, 3.8) is 0 Å². The predicted molar refractivity (Wildman–Crippen MR) is 127 cm³/mol. The number of hydrogen-bond acceptors (Lipinski definition) is 6. The molecule has 0 spiro atoms. The van der Waals surface area contributed by atoms with Gasteiger partial charge >= 0.3 is 0 Å². The molecule has 0 aromatic heterocycles. The van der Waals surface area contributed by atoms with Crippen LogP contribution in [0.25, 0.3) is 6.08 Å². The molecule has 1 saturated heterocycles. The highest BCUT2D eigenvalue weighted by Gasteiger charge is 2.43. The monoisotopic (exact) mass is 476 g/mol. The van der Waals surface area contributed by atoms with E-state index in [2.05, 4.69) is 0 Å². The van der Waals surface area contributed by atoms with Gasteiger partial charge in [-0.1, -0.05) is 42.0 Å². The summed E-state index contributed by atoms with van der Waals surface area (Å²) in [6, 6.07) is 16.3. The van der Waals surface area contributed by atoms with Gasteiger partial charge in [0.2, 0.25) is 0 Å². The molecular formula is C26H24N2O5S. The van der Waals surface area contributed by atoms with E-state index < -0.39 is 27.7 Å². The summed E-state index contributed by atoms with van der Waals surface area (Å²) in [5.74, 6) is -1.01. The number of nitrogens with zero attached hydrogens (tertiary/aromatic N) is 2. The van der Waals surface area contributed by atoms with Crippen LogP contribution in [0.3, 0.4) is 0 Å². The van der Waals surface area contributed by atoms with Gasteiger partial charge in [-0.2, -0.15) is 5.26 Å². The third-order valence-electron chi connectivity index (χ3n) is 6.06. The van der Waals surface area contributed by atoms with E-state index in [9.17, 15) is 23.3 Å². The van der Waals surface area contributed by atoms with Gasteiger partial charge in [-0.3, -0.25) is 14.5 Å². The zero-order valence-corrected chi connectivity index (χ0v) is 19.8. The van der Waals surface area contributed by atoms with Crippen molar-refractivity contribution in [2.45, 2.75) is 32.9 Å². The topological polar surface area (TPSA) is 105 Å². The van der Waals surface area contributed by atoms with Crippen molar-refractivity contribution in [1.29, 1.82) is 5.26 Å². The number of amides is 2. The van der Waals surface area contributed by atoms with E-state index in [1.807, 2.05) is 37.3 Å². The first-order valence-corrected chi connectivity index (χ1v) is 12.7. The van der Waals surface area contributed by atoms with Gasteiger partial charge in [0.25, 0.3) is 11.8 Å². The molecule has 174 valence electrons. The zero-order chi connectivity index (χ0) is 24.5. The fraction of sp³-hybridized carbons (Fsp3) is 0.269. The molecule has 2 heterocycles. The molecule has 2 aromatic rings. The van der Waals surface area contributed by atoms with E-state index in [-0.39, 0.29) is 34.6 Å². The molecule has 0 saturated carbocycles. The highest BCUT2D eigenvalue weighted by molar-refractivity contribution is 7.91. The van der Waals surface area contributed by atoms with Crippen LogP contribution < -0.4 is 4.74 Å². The molecule has 1 unspecified atom stereocenters. The minimum atomic E-state index is -3.32. The number of ether oxygens (including phenoxy) is 1. The van der Waals surface area contributed by atoms with Crippen molar-refractivity contribution in [2.24, 2.45) is 0 Å². The Labute approximate surface area is 198 Å². The lowest BCUT2D eigenvalue weighted by molar-refractivity contribution is -0.142. The minimum Gasteiger partial charge on any atom is -0.489 e. The molecule has 34 heavy (non-hydrogen) atoms. The lowest BCUT2D eigenvalue weighted by atomic mass is 9.92. The molecule has 0 N–H and O–H groups in total. The number of benzene rings is 2. The average molecular weight is 477 g/mol. The molecule has 2 amide bonds. The van der Waals surface area contributed by atoms with Gasteiger partial charge in [0.1, 0.15) is 24.0 Å². The first kappa shape index (κ1) is 23.5. The Balaban J connectivity index is 1.57. The number of imide groups is 1. The van der Waals surface area contributed by atoms with E-state index in [0.717, 1.165) is 10.5 Å². The maximum atomic E-state index is 13.2. The second kappa shape index (κ2) is 9.27. The van der Waals surface area contributed by atoms with Crippen molar-refractivity contribution < 1.29 is 22.7 Å². The molecule has 2 aromatic carbocycles. The Morgan fingerprint density at radius 3 is 2.32 bits per heavy atom. The molecule has 1 fully saturated rings. The van der Waals surface area contributed by atoms with Crippen LogP contribution in [0.15, 0.2) is 65.3 Å². The predicted octanol–water partition coefficient (Wildman–Crippen LogP) is 3.35. The highest BCUT2D eigenvalue weighted by atomic mass is 32.2. The smallest absolute Gasteiger partial charge is 0.271 e. The molecule has 8 heteroatoms. The Morgan fingerprint density at radius 2 is 1.74 bits per heavy atom. The average Bonchev–Trinajstić information content (AvgIpc) is 3.16. The first-order chi connectivity index (χ1) is 16.2. The lowest BCUT2D eigenvalue weighted by Gasteiger charge is -2.31. The molecule has 0 radical (unpaired) electrons. The maximum Gasteiger partial charge on any atom is 0.271 e. The van der Waals surface area contributed by atoms with Crippen LogP contribution in [0, 0.1) is 18.3 Å². The van der Waals surface area contributed by atoms with E-state index in [4.69, 9.17) is 4.74 Å². The van der Waals surface area contributed by atoms with Gasteiger partial charge in [-0.15, -0.1) is 0 Å². The van der Waals surface area contributed by atoms with E-state index >= 15 is 0 Å². The highest BCUT2D eigenvalue weighted by Crippen LogP contribution is 2.31. The van der Waals surface area contributed by atoms with Crippen LogP contribution in [-0.2, 0) is 26.0 Å². The number of aryl methyl sites for hydroxylation is 1. The standard InChI is InChI=1S/C26H24N2O5S/c1-17-3-5-20(6-4-17)15-33-22-9-7-19(8-10-22)13-23-18(2)24(14-27)26(30)28(25(23)29)21-11-12-34(31,32)16-21/h3-10,13,21H,11-12,15-16H2,1-2H3. The quantitative estimate of drug-likeness (QED) is 0.484. The van der Waals surface area contributed by atoms with Crippen molar-refractivity contribution in [1.82, 2.24) is 4.90 Å². The van der Waals surface area contributed by atoms with Crippen molar-refractivity contribution in [3.8, 4) is 11.8 Å². The van der Waals surface area contributed by atoms with E-state index in [1.165, 1.54) is 5.56 Å². The molecule has 2 aliphatic heterocycles. The third kappa shape index (κ3) is 4.80. The Morgan fingerprint density at radius 1 is 1.06 bits per heavy atom. The fourth-order valence-corrected chi connectivity index (χ4v) is 5.79. The SMILES string of the molecule is CC1=C(C#N)C(=O)N(C2CCS(=O)(=O)C2)C(=O)C1=Cc1ccc(OCc2ccc(C)cc2)cc1. The molecular weight excluding hydrogens is 452 g/mol. The van der Waals surface area contributed by atoms with Crippen molar-refractivity contribution >= 4 is 27.7 Å². The van der Waals surface area contributed by atoms with Crippen LogP contribution in [0.1, 0.15) is 30.0 Å². The largest absolute Gasteiger partial charge is 0.489 e. The third-order valence-corrected chi connectivity index (χ3v) is 7.81. The Kier molecular flexibility index (Phi) is 6.40. The van der Waals surface area contributed by atoms with Crippen LogP contribution in [-0.4, -0.2) is 42.7 Å². The molecule has 0 bridgehead atoms. The summed E-state index contributed by atoms with van der Waals surface area (Å²) in [7, 11) is -3.32. The molecule has 1 atom stereocenters. The van der Waals surface area contributed by atoms with Crippen molar-refractivity contribution in [3.05, 3.63) is 81.9 Å². The Bertz CT molecular complexity index is 1350. The summed E-state index contributed by atoms with van der Waals surface area (Å²) in [5, 5.41) is 9.54. The minimum absolute atomic E-state index is 0.0809. The number of nitriles is 1. The van der Waals surface area contributed by atoms with E-state index in [1.54, 1.807) is 37.3 Å². The van der Waals surface area contributed by atoms with Gasteiger partial charge in [0.15, 0.2) is 9.84 Å². The van der Waals surface area contributed by atoms with Gasteiger partial charge in [-0.25, -0.2) is 8.42 Å². The summed E-state index contributed by atoms with van der Waals surface area (Å²) >= 11 is 0. The first-order valence-electron chi connectivity index (χ1n) is 10.9. The normalized spacial score (nSPS) is 21.1. The summed E-state index contributed by atoms with van der Waals surface area (Å²) in [5.41, 5.74) is 3.26. The van der Waals surface area contributed by atoms with Crippen molar-refractivity contribution in [2.75, 3.05) is 11.5 Å².